The first-order valence-electron chi connectivity index (χ1n) is 10.5. The van der Waals surface area contributed by atoms with E-state index in [-0.39, 0.29) is 17.4 Å². The van der Waals surface area contributed by atoms with Gasteiger partial charge in [-0.25, -0.2) is 4.39 Å². The lowest BCUT2D eigenvalue weighted by molar-refractivity contribution is 0.102. The fourth-order valence-electron chi connectivity index (χ4n) is 3.64. The van der Waals surface area contributed by atoms with Crippen molar-refractivity contribution in [2.45, 2.75) is 32.0 Å². The van der Waals surface area contributed by atoms with Gasteiger partial charge in [-0.1, -0.05) is 23.9 Å². The van der Waals surface area contributed by atoms with E-state index in [9.17, 15) is 9.18 Å². The number of nitrogens with zero attached hydrogens (tertiary/aromatic N) is 3. The average molecular weight is 466 g/mol. The first-order chi connectivity index (χ1) is 15.9. The van der Waals surface area contributed by atoms with Crippen LogP contribution in [0.25, 0.3) is 11.5 Å². The first kappa shape index (κ1) is 22.8. The Balaban J connectivity index is 1.38. The largest absolute Gasteiger partial charge is 0.497 e. The quantitative estimate of drug-likeness (QED) is 0.239. The summed E-state index contributed by atoms with van der Waals surface area (Å²) in [6, 6.07) is 15.7. The van der Waals surface area contributed by atoms with Crippen LogP contribution < -0.4 is 4.74 Å². The van der Waals surface area contributed by atoms with Gasteiger partial charge in [0.05, 0.1) is 12.9 Å². The number of carbonyl (C=O) groups is 1. The van der Waals surface area contributed by atoms with Gasteiger partial charge >= 0.3 is 0 Å². The lowest BCUT2D eigenvalue weighted by atomic mass is 10.1. The van der Waals surface area contributed by atoms with Crippen molar-refractivity contribution < 1.29 is 18.3 Å². The maximum Gasteiger partial charge on any atom is 0.277 e. The van der Waals surface area contributed by atoms with Crippen LogP contribution in [-0.2, 0) is 13.0 Å². The average Bonchev–Trinajstić information content (AvgIpc) is 3.42. The number of ketones is 1. The smallest absolute Gasteiger partial charge is 0.277 e. The van der Waals surface area contributed by atoms with Gasteiger partial charge in [0.2, 0.25) is 5.89 Å². The number of thioether (sulfide) groups is 1. The Morgan fingerprint density at radius 1 is 1.09 bits per heavy atom. The molecule has 0 saturated heterocycles. The maximum atomic E-state index is 13.1. The monoisotopic (exact) mass is 465 g/mol. The van der Waals surface area contributed by atoms with Crippen LogP contribution in [0.2, 0.25) is 0 Å². The summed E-state index contributed by atoms with van der Waals surface area (Å²) < 4.78 is 26.1. The van der Waals surface area contributed by atoms with E-state index in [0.29, 0.717) is 16.7 Å². The predicted molar refractivity (Wildman–Crippen MR) is 125 cm³/mol. The number of carbonyl (C=O) groups excluding carboxylic acids is 1. The van der Waals surface area contributed by atoms with E-state index < -0.39 is 0 Å². The molecule has 170 valence electrons. The molecule has 0 N–H and O–H groups in total. The van der Waals surface area contributed by atoms with Crippen molar-refractivity contribution in [1.29, 1.82) is 0 Å². The molecule has 0 atom stereocenters. The number of halogens is 1. The first-order valence-corrected chi connectivity index (χ1v) is 11.5. The molecule has 4 rings (SSSR count). The molecule has 6 nitrogen and oxygen atoms in total. The SMILES string of the molecule is COc1ccc(-c2nnc(SCC(=O)c3cc(C)n(CCc4ccc(F)cc4)c3C)o2)cc1. The second kappa shape index (κ2) is 10.0. The maximum absolute atomic E-state index is 13.1. The fraction of sp³-hybridized carbons (Fsp3) is 0.240. The van der Waals surface area contributed by atoms with Gasteiger partial charge in [-0.05, 0) is 68.3 Å². The molecule has 0 fully saturated rings. The molecule has 0 aliphatic carbocycles. The lowest BCUT2D eigenvalue weighted by Gasteiger charge is -2.10. The molecule has 33 heavy (non-hydrogen) atoms. The van der Waals surface area contributed by atoms with Gasteiger partial charge in [0, 0.05) is 29.1 Å². The highest BCUT2D eigenvalue weighted by molar-refractivity contribution is 7.99. The number of ether oxygens (including phenoxy) is 1. The third-order valence-corrected chi connectivity index (χ3v) is 6.30. The van der Waals surface area contributed by atoms with E-state index in [1.54, 1.807) is 19.2 Å². The zero-order valence-corrected chi connectivity index (χ0v) is 19.5. The highest BCUT2D eigenvalue weighted by Crippen LogP contribution is 2.26. The van der Waals surface area contributed by atoms with Crippen molar-refractivity contribution in [2.24, 2.45) is 0 Å². The number of benzene rings is 2. The summed E-state index contributed by atoms with van der Waals surface area (Å²) in [5.74, 6) is 1.10. The van der Waals surface area contributed by atoms with E-state index in [1.165, 1.54) is 23.9 Å². The lowest BCUT2D eigenvalue weighted by Crippen LogP contribution is -2.08. The Hall–Kier alpha value is -3.39. The Morgan fingerprint density at radius 2 is 1.82 bits per heavy atom. The molecule has 0 aliphatic heterocycles. The zero-order chi connectivity index (χ0) is 23.4. The van der Waals surface area contributed by atoms with Gasteiger partial charge in [-0.15, -0.1) is 10.2 Å². The van der Waals surface area contributed by atoms with Crippen LogP contribution in [0.15, 0.2) is 64.2 Å². The number of rotatable bonds is 9. The molecule has 0 amide bonds. The molecule has 0 bridgehead atoms. The van der Waals surface area contributed by atoms with Crippen LogP contribution in [-0.4, -0.2) is 33.4 Å². The summed E-state index contributed by atoms with van der Waals surface area (Å²) in [4.78, 5) is 12.9. The van der Waals surface area contributed by atoms with Gasteiger partial charge in [0.15, 0.2) is 5.78 Å². The Kier molecular flexibility index (Phi) is 6.93. The van der Waals surface area contributed by atoms with E-state index in [4.69, 9.17) is 9.15 Å². The molecule has 8 heteroatoms. The number of methoxy groups -OCH3 is 1. The summed E-state index contributed by atoms with van der Waals surface area (Å²) in [5.41, 5.74) is 4.46. The van der Waals surface area contributed by atoms with Crippen molar-refractivity contribution in [3.05, 3.63) is 82.9 Å². The normalized spacial score (nSPS) is 11.0. The number of aromatic nitrogens is 3. The fourth-order valence-corrected chi connectivity index (χ4v) is 4.29. The number of hydrogen-bond acceptors (Lipinski definition) is 6. The van der Waals surface area contributed by atoms with Gasteiger partial charge < -0.3 is 13.7 Å². The summed E-state index contributed by atoms with van der Waals surface area (Å²) in [5, 5.41) is 8.46. The van der Waals surface area contributed by atoms with Crippen LogP contribution in [0.3, 0.4) is 0 Å². The standard InChI is InChI=1S/C25H24FN3O3S/c1-16-14-22(17(2)29(16)13-12-18-4-8-20(26)9-5-18)23(30)15-33-25-28-27-24(32-25)19-6-10-21(31-3)11-7-19/h4-11,14H,12-13,15H2,1-3H3. The van der Waals surface area contributed by atoms with Crippen LogP contribution in [0.5, 0.6) is 5.75 Å². The summed E-state index contributed by atoms with van der Waals surface area (Å²) >= 11 is 1.22. The molecule has 2 aromatic heterocycles. The Labute approximate surface area is 195 Å². The topological polar surface area (TPSA) is 70.2 Å². The summed E-state index contributed by atoms with van der Waals surface area (Å²) in [7, 11) is 1.61. The molecular formula is C25H24FN3O3S. The molecule has 0 spiro atoms. The third kappa shape index (κ3) is 5.34. The summed E-state index contributed by atoms with van der Waals surface area (Å²) in [6.45, 7) is 4.66. The highest BCUT2D eigenvalue weighted by Gasteiger charge is 2.18. The molecule has 0 aliphatic rings. The molecular weight excluding hydrogens is 441 g/mol. The molecule has 4 aromatic rings. The molecule has 0 saturated carbocycles. The molecule has 2 heterocycles. The minimum absolute atomic E-state index is 0.00493. The third-order valence-electron chi connectivity index (χ3n) is 5.48. The summed E-state index contributed by atoms with van der Waals surface area (Å²) in [6.07, 6.45) is 0.759. The van der Waals surface area contributed by atoms with Crippen molar-refractivity contribution in [3.8, 4) is 17.2 Å². The number of aryl methyl sites for hydroxylation is 2. The van der Waals surface area contributed by atoms with E-state index >= 15 is 0 Å². The van der Waals surface area contributed by atoms with Gasteiger partial charge in [-0.3, -0.25) is 4.79 Å². The van der Waals surface area contributed by atoms with E-state index in [0.717, 1.165) is 41.2 Å². The van der Waals surface area contributed by atoms with E-state index in [2.05, 4.69) is 14.8 Å². The zero-order valence-electron chi connectivity index (χ0n) is 18.7. The van der Waals surface area contributed by atoms with Crippen LogP contribution >= 0.6 is 11.8 Å². The minimum Gasteiger partial charge on any atom is -0.497 e. The van der Waals surface area contributed by atoms with Crippen LogP contribution in [0.4, 0.5) is 4.39 Å². The van der Waals surface area contributed by atoms with E-state index in [1.807, 2.05) is 44.2 Å². The second-order valence-corrected chi connectivity index (χ2v) is 8.55. The molecule has 2 aromatic carbocycles. The van der Waals surface area contributed by atoms with Crippen LogP contribution in [0.1, 0.15) is 27.3 Å². The van der Waals surface area contributed by atoms with Crippen molar-refractivity contribution in [3.63, 3.8) is 0 Å². The molecule has 0 unspecified atom stereocenters. The van der Waals surface area contributed by atoms with Crippen molar-refractivity contribution in [2.75, 3.05) is 12.9 Å². The predicted octanol–water partition coefficient (Wildman–Crippen LogP) is 5.52. The highest BCUT2D eigenvalue weighted by atomic mass is 32.2. The molecule has 0 radical (unpaired) electrons. The number of hydrogen-bond donors (Lipinski definition) is 0. The van der Waals surface area contributed by atoms with Gasteiger partial charge in [-0.2, -0.15) is 0 Å². The van der Waals surface area contributed by atoms with Crippen LogP contribution in [0, 0.1) is 19.7 Å². The Morgan fingerprint density at radius 3 is 2.52 bits per heavy atom. The van der Waals surface area contributed by atoms with Crippen molar-refractivity contribution >= 4 is 17.5 Å². The second-order valence-electron chi connectivity index (χ2n) is 7.63. The Bertz CT molecular complexity index is 1250. The number of Topliss-reactive ketones (excluding diaryl/α,β-unsaturated/α-hetero) is 1. The van der Waals surface area contributed by atoms with Gasteiger partial charge in [0.1, 0.15) is 11.6 Å². The minimum atomic E-state index is -0.241. The van der Waals surface area contributed by atoms with Gasteiger partial charge in [0.25, 0.3) is 5.22 Å². The van der Waals surface area contributed by atoms with Crippen molar-refractivity contribution in [1.82, 2.24) is 14.8 Å².